The van der Waals surface area contributed by atoms with Gasteiger partial charge in [0.15, 0.2) is 5.82 Å². The van der Waals surface area contributed by atoms with Crippen LogP contribution in [0.15, 0.2) is 60.7 Å². The fourth-order valence-corrected chi connectivity index (χ4v) is 3.70. The van der Waals surface area contributed by atoms with E-state index in [2.05, 4.69) is 27.3 Å². The number of hydrogen-bond donors (Lipinski definition) is 1. The quantitative estimate of drug-likeness (QED) is 0.624. The average molecular weight is 432 g/mol. The molecule has 7 nitrogen and oxygen atoms in total. The van der Waals surface area contributed by atoms with E-state index in [1.165, 1.54) is 5.56 Å². The van der Waals surface area contributed by atoms with Gasteiger partial charge in [-0.05, 0) is 67.4 Å². The third-order valence-corrected chi connectivity index (χ3v) is 5.62. The van der Waals surface area contributed by atoms with Crippen LogP contribution >= 0.6 is 0 Å². The van der Waals surface area contributed by atoms with E-state index >= 15 is 0 Å². The maximum atomic E-state index is 12.6. The molecule has 1 N–H and O–H groups in total. The largest absolute Gasteiger partial charge is 0.494 e. The number of piperazine rings is 1. The van der Waals surface area contributed by atoms with Crippen molar-refractivity contribution in [2.75, 3.05) is 43.0 Å². The number of rotatable bonds is 6. The topological polar surface area (TPSA) is 70.6 Å². The summed E-state index contributed by atoms with van der Waals surface area (Å²) in [5.74, 6) is 1.68. The second kappa shape index (κ2) is 10.1. The van der Waals surface area contributed by atoms with E-state index in [4.69, 9.17) is 4.74 Å². The van der Waals surface area contributed by atoms with E-state index in [0.717, 1.165) is 48.0 Å². The summed E-state index contributed by atoms with van der Waals surface area (Å²) in [6.07, 6.45) is 0.986. The van der Waals surface area contributed by atoms with Crippen molar-refractivity contribution in [3.05, 3.63) is 66.2 Å². The molecule has 1 saturated heterocycles. The summed E-state index contributed by atoms with van der Waals surface area (Å²) in [5, 5.41) is 11.8. The van der Waals surface area contributed by atoms with Gasteiger partial charge in [-0.2, -0.15) is 0 Å². The minimum atomic E-state index is -0.0640. The van der Waals surface area contributed by atoms with Gasteiger partial charge in [-0.3, -0.25) is 0 Å². The van der Waals surface area contributed by atoms with Crippen LogP contribution in [-0.2, 0) is 6.42 Å². The fourth-order valence-electron chi connectivity index (χ4n) is 3.70. The number of nitrogens with zero attached hydrogens (tertiary/aromatic N) is 4. The smallest absolute Gasteiger partial charge is 0.321 e. The van der Waals surface area contributed by atoms with Gasteiger partial charge in [0, 0.05) is 37.4 Å². The number of benzene rings is 2. The number of nitrogens with one attached hydrogen (secondary N) is 1. The summed E-state index contributed by atoms with van der Waals surface area (Å²) in [6, 6.07) is 19.8. The average Bonchev–Trinajstić information content (AvgIpc) is 2.85. The van der Waals surface area contributed by atoms with Crippen molar-refractivity contribution >= 4 is 17.5 Å². The Morgan fingerprint density at radius 1 is 0.906 bits per heavy atom. The maximum Gasteiger partial charge on any atom is 0.321 e. The molecule has 0 aliphatic carbocycles. The first-order chi connectivity index (χ1) is 15.7. The van der Waals surface area contributed by atoms with Gasteiger partial charge in [0.1, 0.15) is 5.75 Å². The first-order valence-electron chi connectivity index (χ1n) is 11.1. The highest BCUT2D eigenvalue weighted by atomic mass is 16.5. The Kier molecular flexibility index (Phi) is 6.84. The van der Waals surface area contributed by atoms with E-state index in [-0.39, 0.29) is 6.03 Å². The number of carbonyl (C=O) groups is 1. The number of aryl methyl sites for hydroxylation is 1. The lowest BCUT2D eigenvalue weighted by atomic mass is 10.1. The second-order valence-electron chi connectivity index (χ2n) is 7.69. The molecule has 0 atom stereocenters. The van der Waals surface area contributed by atoms with Crippen molar-refractivity contribution in [1.82, 2.24) is 15.1 Å². The Bertz CT molecular complexity index is 1010. The van der Waals surface area contributed by atoms with Crippen LogP contribution in [0.2, 0.25) is 0 Å². The molecule has 0 saturated carbocycles. The molecule has 7 heteroatoms. The third kappa shape index (κ3) is 5.17. The van der Waals surface area contributed by atoms with Crippen LogP contribution in [0.1, 0.15) is 19.4 Å². The van der Waals surface area contributed by atoms with Crippen LogP contribution < -0.4 is 15.0 Å². The summed E-state index contributed by atoms with van der Waals surface area (Å²) < 4.78 is 5.49. The van der Waals surface area contributed by atoms with Gasteiger partial charge in [-0.1, -0.05) is 19.1 Å². The molecule has 166 valence electrons. The Balaban J connectivity index is 1.31. The van der Waals surface area contributed by atoms with Crippen molar-refractivity contribution in [2.24, 2.45) is 0 Å². The van der Waals surface area contributed by atoms with Crippen LogP contribution in [-0.4, -0.2) is 53.9 Å². The molecule has 3 aromatic rings. The van der Waals surface area contributed by atoms with E-state index in [1.54, 1.807) is 0 Å². The van der Waals surface area contributed by atoms with Gasteiger partial charge in [0.05, 0.1) is 12.3 Å². The highest BCUT2D eigenvalue weighted by Crippen LogP contribution is 2.22. The zero-order valence-corrected chi connectivity index (χ0v) is 18.6. The van der Waals surface area contributed by atoms with Gasteiger partial charge in [-0.25, -0.2) is 4.79 Å². The standard InChI is InChI=1S/C25H29N5O2/c1-3-19-5-9-21(10-6-19)26-25(31)30-17-15-29(16-18-30)24-14-13-23(27-28-24)20-7-11-22(12-8-20)32-4-2/h5-14H,3-4,15-18H2,1-2H3,(H,26,31). The summed E-state index contributed by atoms with van der Waals surface area (Å²) in [5.41, 5.74) is 3.90. The van der Waals surface area contributed by atoms with Gasteiger partial charge in [0.25, 0.3) is 0 Å². The molecule has 4 rings (SSSR count). The summed E-state index contributed by atoms with van der Waals surface area (Å²) in [4.78, 5) is 16.6. The summed E-state index contributed by atoms with van der Waals surface area (Å²) in [7, 11) is 0. The van der Waals surface area contributed by atoms with Crippen molar-refractivity contribution in [3.8, 4) is 17.0 Å². The van der Waals surface area contributed by atoms with E-state index in [0.29, 0.717) is 19.7 Å². The Hall–Kier alpha value is -3.61. The van der Waals surface area contributed by atoms with E-state index < -0.39 is 0 Å². The highest BCUT2D eigenvalue weighted by molar-refractivity contribution is 5.89. The number of aromatic nitrogens is 2. The minimum absolute atomic E-state index is 0.0640. The zero-order valence-electron chi connectivity index (χ0n) is 18.6. The molecular formula is C25H29N5O2. The first kappa shape index (κ1) is 21.6. The van der Waals surface area contributed by atoms with Crippen molar-refractivity contribution in [2.45, 2.75) is 20.3 Å². The molecule has 1 fully saturated rings. The van der Waals surface area contributed by atoms with Crippen LogP contribution in [0.5, 0.6) is 5.75 Å². The Labute approximate surface area is 189 Å². The number of ether oxygens (including phenoxy) is 1. The van der Waals surface area contributed by atoms with Gasteiger partial charge < -0.3 is 19.9 Å². The molecule has 2 amide bonds. The lowest BCUT2D eigenvalue weighted by Crippen LogP contribution is -2.50. The Morgan fingerprint density at radius 2 is 1.62 bits per heavy atom. The fraction of sp³-hybridized carbons (Fsp3) is 0.320. The molecule has 1 aliphatic heterocycles. The van der Waals surface area contributed by atoms with Gasteiger partial charge in [0.2, 0.25) is 0 Å². The van der Waals surface area contributed by atoms with Crippen molar-refractivity contribution in [3.63, 3.8) is 0 Å². The number of anilines is 2. The molecule has 32 heavy (non-hydrogen) atoms. The van der Waals surface area contributed by atoms with E-state index in [1.807, 2.05) is 72.5 Å². The molecule has 1 aliphatic rings. The molecule has 0 bridgehead atoms. The van der Waals surface area contributed by atoms with Crippen LogP contribution in [0.25, 0.3) is 11.3 Å². The highest BCUT2D eigenvalue weighted by Gasteiger charge is 2.22. The maximum absolute atomic E-state index is 12.6. The minimum Gasteiger partial charge on any atom is -0.494 e. The molecule has 0 radical (unpaired) electrons. The third-order valence-electron chi connectivity index (χ3n) is 5.62. The molecule has 2 aromatic carbocycles. The SMILES string of the molecule is CCOc1ccc(-c2ccc(N3CCN(C(=O)Nc4ccc(CC)cc4)CC3)nn2)cc1. The predicted octanol–water partition coefficient (Wildman–Crippen LogP) is 4.46. The molecule has 0 unspecified atom stereocenters. The normalized spacial score (nSPS) is 13.7. The predicted molar refractivity (Wildman–Crippen MR) is 127 cm³/mol. The van der Waals surface area contributed by atoms with Crippen LogP contribution in [0.3, 0.4) is 0 Å². The first-order valence-corrected chi connectivity index (χ1v) is 11.1. The van der Waals surface area contributed by atoms with Crippen molar-refractivity contribution in [1.29, 1.82) is 0 Å². The number of hydrogen-bond acceptors (Lipinski definition) is 5. The monoisotopic (exact) mass is 431 g/mol. The number of urea groups is 1. The van der Waals surface area contributed by atoms with E-state index in [9.17, 15) is 4.79 Å². The van der Waals surface area contributed by atoms with Gasteiger partial charge >= 0.3 is 6.03 Å². The number of carbonyl (C=O) groups excluding carboxylic acids is 1. The van der Waals surface area contributed by atoms with Crippen LogP contribution in [0.4, 0.5) is 16.3 Å². The van der Waals surface area contributed by atoms with Crippen molar-refractivity contribution < 1.29 is 9.53 Å². The summed E-state index contributed by atoms with van der Waals surface area (Å²) in [6.45, 7) is 7.45. The zero-order chi connectivity index (χ0) is 22.3. The molecule has 0 spiro atoms. The van der Waals surface area contributed by atoms with Crippen LogP contribution in [0, 0.1) is 0 Å². The second-order valence-corrected chi connectivity index (χ2v) is 7.69. The summed E-state index contributed by atoms with van der Waals surface area (Å²) >= 11 is 0. The number of amides is 2. The molecule has 2 heterocycles. The Morgan fingerprint density at radius 3 is 2.22 bits per heavy atom. The van der Waals surface area contributed by atoms with Gasteiger partial charge in [-0.15, -0.1) is 10.2 Å². The lowest BCUT2D eigenvalue weighted by Gasteiger charge is -2.35. The lowest BCUT2D eigenvalue weighted by molar-refractivity contribution is 0.208. The molecule has 1 aromatic heterocycles. The molecular weight excluding hydrogens is 402 g/mol.